The van der Waals surface area contributed by atoms with Gasteiger partial charge in [-0.25, -0.2) is 8.78 Å². The van der Waals surface area contributed by atoms with Crippen molar-refractivity contribution in [3.63, 3.8) is 0 Å². The van der Waals surface area contributed by atoms with E-state index in [0.717, 1.165) is 12.1 Å². The van der Waals surface area contributed by atoms with Gasteiger partial charge in [0, 0.05) is 17.7 Å². The number of alkyl halides is 1. The van der Waals surface area contributed by atoms with Crippen LogP contribution in [-0.2, 0) is 5.88 Å². The summed E-state index contributed by atoms with van der Waals surface area (Å²) in [5.41, 5.74) is 0.181. The molecular weight excluding hydrogens is 186 g/mol. The first kappa shape index (κ1) is 9.26. The lowest BCUT2D eigenvalue weighted by Crippen LogP contribution is -1.94. The second-order valence-electron chi connectivity index (χ2n) is 2.20. The predicted molar refractivity (Wildman–Crippen MR) is 42.5 cm³/mol. The third kappa shape index (κ3) is 1.67. The van der Waals surface area contributed by atoms with E-state index in [9.17, 15) is 8.78 Å². The van der Waals surface area contributed by atoms with Gasteiger partial charge in [0.05, 0.1) is 13.0 Å². The van der Waals surface area contributed by atoms with Crippen LogP contribution < -0.4 is 4.74 Å². The molecular formula is C8H7ClF2O. The second-order valence-corrected chi connectivity index (χ2v) is 2.47. The standard InChI is InChI=1S/C8H7ClF2O/c1-12-8-3-5(10)2-7(11)6(8)4-9/h2-3H,4H2,1H3. The molecule has 0 bridgehead atoms. The molecule has 1 rings (SSSR count). The summed E-state index contributed by atoms with van der Waals surface area (Å²) in [5.74, 6) is -1.24. The van der Waals surface area contributed by atoms with Crippen LogP contribution in [0.15, 0.2) is 12.1 Å². The molecule has 0 amide bonds. The minimum Gasteiger partial charge on any atom is -0.496 e. The Labute approximate surface area is 73.9 Å². The highest BCUT2D eigenvalue weighted by Gasteiger charge is 2.10. The topological polar surface area (TPSA) is 9.23 Å². The van der Waals surface area contributed by atoms with Gasteiger partial charge in [0.1, 0.15) is 17.4 Å². The predicted octanol–water partition coefficient (Wildman–Crippen LogP) is 2.71. The third-order valence-electron chi connectivity index (χ3n) is 1.47. The molecule has 0 radical (unpaired) electrons. The van der Waals surface area contributed by atoms with Crippen molar-refractivity contribution in [2.45, 2.75) is 5.88 Å². The Kier molecular flexibility index (Phi) is 2.87. The molecule has 0 saturated carbocycles. The van der Waals surface area contributed by atoms with Crippen molar-refractivity contribution >= 4 is 11.6 Å². The molecule has 0 fully saturated rings. The van der Waals surface area contributed by atoms with Crippen LogP contribution in [0.1, 0.15) is 5.56 Å². The number of ether oxygens (including phenoxy) is 1. The van der Waals surface area contributed by atoms with E-state index in [4.69, 9.17) is 16.3 Å². The molecule has 0 atom stereocenters. The summed E-state index contributed by atoms with van der Waals surface area (Å²) in [7, 11) is 1.34. The highest BCUT2D eigenvalue weighted by molar-refractivity contribution is 6.17. The number of halogens is 3. The summed E-state index contributed by atoms with van der Waals surface area (Å²) in [5, 5.41) is 0. The monoisotopic (exact) mass is 192 g/mol. The van der Waals surface area contributed by atoms with Crippen molar-refractivity contribution < 1.29 is 13.5 Å². The lowest BCUT2D eigenvalue weighted by atomic mass is 10.2. The number of hydrogen-bond acceptors (Lipinski definition) is 1. The fourth-order valence-electron chi connectivity index (χ4n) is 0.892. The van der Waals surface area contributed by atoms with Gasteiger partial charge in [0.2, 0.25) is 0 Å². The Balaban J connectivity index is 3.24. The minimum absolute atomic E-state index is 0.0325. The first-order valence-corrected chi connectivity index (χ1v) is 3.80. The molecule has 0 spiro atoms. The molecule has 12 heavy (non-hydrogen) atoms. The van der Waals surface area contributed by atoms with E-state index in [-0.39, 0.29) is 17.2 Å². The largest absolute Gasteiger partial charge is 0.496 e. The van der Waals surface area contributed by atoms with E-state index in [2.05, 4.69) is 0 Å². The fraction of sp³-hybridized carbons (Fsp3) is 0.250. The van der Waals surface area contributed by atoms with Gasteiger partial charge in [-0.1, -0.05) is 0 Å². The molecule has 1 aromatic carbocycles. The number of methoxy groups -OCH3 is 1. The van der Waals surface area contributed by atoms with Crippen molar-refractivity contribution in [3.8, 4) is 5.75 Å². The summed E-state index contributed by atoms with van der Waals surface area (Å²) in [6, 6.07) is 1.88. The first-order valence-electron chi connectivity index (χ1n) is 3.27. The minimum atomic E-state index is -0.679. The van der Waals surface area contributed by atoms with E-state index in [0.29, 0.717) is 0 Å². The Morgan fingerprint density at radius 2 is 2.08 bits per heavy atom. The van der Waals surface area contributed by atoms with Gasteiger partial charge in [0.25, 0.3) is 0 Å². The van der Waals surface area contributed by atoms with Gasteiger partial charge < -0.3 is 4.74 Å². The van der Waals surface area contributed by atoms with Crippen LogP contribution in [0.4, 0.5) is 8.78 Å². The molecule has 1 aromatic rings. The molecule has 0 aliphatic rings. The van der Waals surface area contributed by atoms with Crippen molar-refractivity contribution in [2.24, 2.45) is 0 Å². The maximum atomic E-state index is 12.9. The van der Waals surface area contributed by atoms with Crippen molar-refractivity contribution in [1.29, 1.82) is 0 Å². The zero-order valence-electron chi connectivity index (χ0n) is 6.40. The average Bonchev–Trinajstić information content (AvgIpc) is 2.03. The first-order chi connectivity index (χ1) is 5.69. The van der Waals surface area contributed by atoms with E-state index < -0.39 is 11.6 Å². The van der Waals surface area contributed by atoms with Gasteiger partial charge in [-0.3, -0.25) is 0 Å². The van der Waals surface area contributed by atoms with Gasteiger partial charge in [0.15, 0.2) is 0 Å². The molecule has 0 aliphatic carbocycles. The lowest BCUT2D eigenvalue weighted by Gasteiger charge is -2.06. The van der Waals surface area contributed by atoms with Crippen molar-refractivity contribution in [3.05, 3.63) is 29.3 Å². The average molecular weight is 193 g/mol. The summed E-state index contributed by atoms with van der Waals surface area (Å²) < 4.78 is 30.2. The maximum absolute atomic E-state index is 12.9. The Morgan fingerprint density at radius 1 is 1.42 bits per heavy atom. The Bertz CT molecular complexity index is 289. The SMILES string of the molecule is COc1cc(F)cc(F)c1CCl. The molecule has 4 heteroatoms. The van der Waals surface area contributed by atoms with E-state index in [1.807, 2.05) is 0 Å². The summed E-state index contributed by atoms with van der Waals surface area (Å²) in [6.45, 7) is 0. The third-order valence-corrected chi connectivity index (χ3v) is 1.74. The summed E-state index contributed by atoms with van der Waals surface area (Å²) in [6.07, 6.45) is 0. The fourth-order valence-corrected chi connectivity index (χ4v) is 1.15. The second kappa shape index (κ2) is 3.72. The van der Waals surface area contributed by atoms with E-state index in [1.165, 1.54) is 7.11 Å². The van der Waals surface area contributed by atoms with Gasteiger partial charge in [-0.05, 0) is 0 Å². The zero-order chi connectivity index (χ0) is 9.14. The molecule has 1 nitrogen and oxygen atoms in total. The molecule has 0 saturated heterocycles. The van der Waals surface area contributed by atoms with Crippen molar-refractivity contribution in [1.82, 2.24) is 0 Å². The Hall–Kier alpha value is -0.830. The normalized spacial score (nSPS) is 10.0. The molecule has 0 N–H and O–H groups in total. The van der Waals surface area contributed by atoms with Gasteiger partial charge in [-0.2, -0.15) is 0 Å². The highest BCUT2D eigenvalue weighted by Crippen LogP contribution is 2.24. The van der Waals surface area contributed by atoms with Crippen LogP contribution in [0.5, 0.6) is 5.75 Å². The molecule has 0 aliphatic heterocycles. The number of rotatable bonds is 2. The van der Waals surface area contributed by atoms with Gasteiger partial charge in [-0.15, -0.1) is 11.6 Å². The van der Waals surface area contributed by atoms with Crippen molar-refractivity contribution in [2.75, 3.05) is 7.11 Å². The molecule has 0 heterocycles. The summed E-state index contributed by atoms with van der Waals surface area (Å²) >= 11 is 5.43. The maximum Gasteiger partial charge on any atom is 0.134 e. The highest BCUT2D eigenvalue weighted by atomic mass is 35.5. The van der Waals surface area contributed by atoms with Crippen LogP contribution in [-0.4, -0.2) is 7.11 Å². The van der Waals surface area contributed by atoms with E-state index in [1.54, 1.807) is 0 Å². The number of benzene rings is 1. The van der Waals surface area contributed by atoms with Crippen LogP contribution in [0.25, 0.3) is 0 Å². The van der Waals surface area contributed by atoms with Crippen LogP contribution in [0, 0.1) is 11.6 Å². The molecule has 66 valence electrons. The summed E-state index contributed by atoms with van der Waals surface area (Å²) in [4.78, 5) is 0. The smallest absolute Gasteiger partial charge is 0.134 e. The quantitative estimate of drug-likeness (QED) is 0.655. The Morgan fingerprint density at radius 3 is 2.58 bits per heavy atom. The molecule has 0 aromatic heterocycles. The van der Waals surface area contributed by atoms with Crippen LogP contribution >= 0.6 is 11.6 Å². The van der Waals surface area contributed by atoms with E-state index >= 15 is 0 Å². The lowest BCUT2D eigenvalue weighted by molar-refractivity contribution is 0.402. The number of hydrogen-bond donors (Lipinski definition) is 0. The van der Waals surface area contributed by atoms with Crippen LogP contribution in [0.3, 0.4) is 0 Å². The zero-order valence-corrected chi connectivity index (χ0v) is 7.16. The van der Waals surface area contributed by atoms with Gasteiger partial charge >= 0.3 is 0 Å². The van der Waals surface area contributed by atoms with Crippen LogP contribution in [0.2, 0.25) is 0 Å². The molecule has 0 unspecified atom stereocenters.